The van der Waals surface area contributed by atoms with Gasteiger partial charge in [0.1, 0.15) is 11.5 Å². The highest BCUT2D eigenvalue weighted by Crippen LogP contribution is 2.41. The number of hydrogen-bond acceptors (Lipinski definition) is 10. The van der Waals surface area contributed by atoms with Gasteiger partial charge in [0, 0.05) is 17.0 Å². The SMILES string of the molecule is CCC(CC)Cc1cccc(C(c2cc(/C=N/n3nnnc3C)ccc2O)c2cc(/C=N/n3nnnc3C)ccc2O)c1. The summed E-state index contributed by atoms with van der Waals surface area (Å²) in [6.45, 7) is 7.93. The molecule has 0 atom stereocenters. The second-order valence-corrected chi connectivity index (χ2v) is 10.4. The van der Waals surface area contributed by atoms with Crippen LogP contribution in [0.4, 0.5) is 0 Å². The van der Waals surface area contributed by atoms with Crippen molar-refractivity contribution in [2.45, 2.75) is 52.9 Å². The van der Waals surface area contributed by atoms with Gasteiger partial charge in [-0.15, -0.1) is 19.8 Å². The van der Waals surface area contributed by atoms with Gasteiger partial charge in [-0.25, -0.2) is 0 Å². The standard InChI is InChI=1S/C31H34N10O2/c1-5-22(6-2)14-23-8-7-9-26(15-23)31(27-16-24(10-12-29(27)42)18-32-40-20(3)34-36-38-40)28-17-25(11-13-30(28)43)19-33-41-21(4)35-37-39-41/h7-13,15-19,22,31,42-43H,5-6,14H2,1-4H3/b32-18+,33-19+. The number of aromatic nitrogens is 8. The molecule has 0 bridgehead atoms. The van der Waals surface area contributed by atoms with Gasteiger partial charge in [0.05, 0.1) is 12.4 Å². The summed E-state index contributed by atoms with van der Waals surface area (Å²) < 4.78 is 0. The number of tetrazole rings is 2. The maximum absolute atomic E-state index is 11.2. The largest absolute Gasteiger partial charge is 0.508 e. The maximum Gasteiger partial charge on any atom is 0.173 e. The van der Waals surface area contributed by atoms with E-state index < -0.39 is 5.92 Å². The zero-order valence-electron chi connectivity index (χ0n) is 24.6. The van der Waals surface area contributed by atoms with Crippen molar-refractivity contribution < 1.29 is 10.2 Å². The number of rotatable bonds is 11. The Morgan fingerprint density at radius 1 is 0.744 bits per heavy atom. The van der Waals surface area contributed by atoms with E-state index in [1.54, 1.807) is 50.5 Å². The second-order valence-electron chi connectivity index (χ2n) is 10.4. The van der Waals surface area contributed by atoms with Crippen molar-refractivity contribution in [3.05, 3.63) is 106 Å². The van der Waals surface area contributed by atoms with Gasteiger partial charge in [-0.2, -0.15) is 10.2 Å². The number of aromatic hydroxyl groups is 2. The lowest BCUT2D eigenvalue weighted by Gasteiger charge is -2.23. The number of nitrogens with zero attached hydrogens (tertiary/aromatic N) is 10. The lowest BCUT2D eigenvalue weighted by atomic mass is 9.81. The monoisotopic (exact) mass is 578 g/mol. The van der Waals surface area contributed by atoms with Crippen LogP contribution in [0.25, 0.3) is 0 Å². The van der Waals surface area contributed by atoms with Gasteiger partial charge in [0.2, 0.25) is 0 Å². The summed E-state index contributed by atoms with van der Waals surface area (Å²) in [5.74, 6) is 1.33. The normalized spacial score (nSPS) is 12.0. The first-order chi connectivity index (χ1) is 20.9. The van der Waals surface area contributed by atoms with Gasteiger partial charge < -0.3 is 10.2 Å². The molecule has 3 aromatic carbocycles. The third-order valence-electron chi connectivity index (χ3n) is 7.53. The third kappa shape index (κ3) is 6.80. The second kappa shape index (κ2) is 13.1. The smallest absolute Gasteiger partial charge is 0.173 e. The fraction of sp³-hybridized carbons (Fsp3) is 0.290. The van der Waals surface area contributed by atoms with E-state index in [9.17, 15) is 10.2 Å². The Morgan fingerprint density at radius 2 is 1.28 bits per heavy atom. The number of phenolic OH excluding ortho intramolecular Hbond substituents is 2. The molecule has 0 radical (unpaired) electrons. The predicted molar refractivity (Wildman–Crippen MR) is 162 cm³/mol. The summed E-state index contributed by atoms with van der Waals surface area (Å²) in [4.78, 5) is 2.65. The molecule has 0 saturated carbocycles. The minimum atomic E-state index is -0.507. The van der Waals surface area contributed by atoms with Crippen molar-refractivity contribution >= 4 is 12.4 Å². The van der Waals surface area contributed by atoms with E-state index in [0.717, 1.165) is 36.0 Å². The topological polar surface area (TPSA) is 152 Å². The molecule has 0 aliphatic carbocycles. The van der Waals surface area contributed by atoms with Gasteiger partial charge >= 0.3 is 0 Å². The summed E-state index contributed by atoms with van der Waals surface area (Å²) >= 11 is 0. The fourth-order valence-corrected chi connectivity index (χ4v) is 5.02. The van der Waals surface area contributed by atoms with Gasteiger partial charge in [0.25, 0.3) is 0 Å². The molecule has 0 fully saturated rings. The van der Waals surface area contributed by atoms with Crippen molar-refractivity contribution in [3.63, 3.8) is 0 Å². The highest BCUT2D eigenvalue weighted by Gasteiger charge is 2.24. The molecule has 0 aliphatic heterocycles. The number of benzene rings is 3. The van der Waals surface area contributed by atoms with Crippen LogP contribution < -0.4 is 0 Å². The Bertz CT molecular complexity index is 1650. The Morgan fingerprint density at radius 3 is 1.74 bits per heavy atom. The molecule has 0 spiro atoms. The van der Waals surface area contributed by atoms with E-state index in [2.05, 4.69) is 67.2 Å². The van der Waals surface area contributed by atoms with Crippen LogP contribution in [0.3, 0.4) is 0 Å². The van der Waals surface area contributed by atoms with Crippen molar-refractivity contribution in [3.8, 4) is 11.5 Å². The van der Waals surface area contributed by atoms with Crippen molar-refractivity contribution in [2.24, 2.45) is 16.1 Å². The highest BCUT2D eigenvalue weighted by atomic mass is 16.3. The fourth-order valence-electron chi connectivity index (χ4n) is 5.02. The summed E-state index contributed by atoms with van der Waals surface area (Å²) in [5, 5.41) is 53.8. The van der Waals surface area contributed by atoms with E-state index in [0.29, 0.717) is 28.7 Å². The molecule has 2 aromatic heterocycles. The van der Waals surface area contributed by atoms with Crippen LogP contribution in [0.15, 0.2) is 70.9 Å². The van der Waals surface area contributed by atoms with Gasteiger partial charge in [-0.1, -0.05) is 51.0 Å². The molecule has 220 valence electrons. The average molecular weight is 579 g/mol. The van der Waals surface area contributed by atoms with Crippen LogP contribution in [0.1, 0.15) is 77.6 Å². The Labute approximate surface area is 249 Å². The van der Waals surface area contributed by atoms with E-state index in [1.165, 1.54) is 15.1 Å². The number of phenols is 2. The van der Waals surface area contributed by atoms with Crippen LogP contribution in [0.5, 0.6) is 11.5 Å². The Kier molecular flexibility index (Phi) is 8.94. The van der Waals surface area contributed by atoms with Crippen molar-refractivity contribution in [2.75, 3.05) is 0 Å². The summed E-state index contributed by atoms with van der Waals surface area (Å²) in [5.41, 5.74) is 4.81. The van der Waals surface area contributed by atoms with Gasteiger partial charge in [-0.05, 0) is 106 Å². The molecule has 5 rings (SSSR count). The molecule has 5 aromatic rings. The first-order valence-electron chi connectivity index (χ1n) is 14.2. The molecule has 12 heteroatoms. The van der Waals surface area contributed by atoms with Gasteiger partial charge in [0.15, 0.2) is 11.6 Å². The Hall–Kier alpha value is -5.26. The zero-order valence-corrected chi connectivity index (χ0v) is 24.6. The highest BCUT2D eigenvalue weighted by molar-refractivity contribution is 5.82. The molecule has 2 N–H and O–H groups in total. The zero-order chi connectivity index (χ0) is 30.3. The molecule has 2 heterocycles. The van der Waals surface area contributed by atoms with Crippen molar-refractivity contribution in [1.82, 2.24) is 40.6 Å². The molecule has 0 amide bonds. The minimum Gasteiger partial charge on any atom is -0.508 e. The third-order valence-corrected chi connectivity index (χ3v) is 7.53. The average Bonchev–Trinajstić information content (AvgIpc) is 3.63. The van der Waals surface area contributed by atoms with Gasteiger partial charge in [-0.3, -0.25) is 0 Å². The van der Waals surface area contributed by atoms with Crippen LogP contribution in [-0.2, 0) is 6.42 Å². The molecule has 12 nitrogen and oxygen atoms in total. The lowest BCUT2D eigenvalue weighted by Crippen LogP contribution is -2.08. The van der Waals surface area contributed by atoms with E-state index in [-0.39, 0.29) is 11.5 Å². The van der Waals surface area contributed by atoms with Crippen LogP contribution in [0.2, 0.25) is 0 Å². The number of hydrogen-bond donors (Lipinski definition) is 2. The molecule has 43 heavy (non-hydrogen) atoms. The predicted octanol–water partition coefficient (Wildman–Crippen LogP) is 4.61. The maximum atomic E-state index is 11.2. The first kappa shape index (κ1) is 29.2. The molecular formula is C31H34N10O2. The van der Waals surface area contributed by atoms with E-state index >= 15 is 0 Å². The summed E-state index contributed by atoms with van der Waals surface area (Å²) in [6, 6.07) is 18.9. The Balaban J connectivity index is 1.62. The number of aryl methyl sites for hydroxylation is 2. The van der Waals surface area contributed by atoms with Crippen LogP contribution >= 0.6 is 0 Å². The molecule has 0 saturated heterocycles. The van der Waals surface area contributed by atoms with E-state index in [1.807, 2.05) is 24.3 Å². The van der Waals surface area contributed by atoms with Crippen molar-refractivity contribution in [1.29, 1.82) is 0 Å². The summed E-state index contributed by atoms with van der Waals surface area (Å²) in [6.07, 6.45) is 6.39. The lowest BCUT2D eigenvalue weighted by molar-refractivity contribution is 0.458. The first-order valence-corrected chi connectivity index (χ1v) is 14.2. The van der Waals surface area contributed by atoms with Crippen LogP contribution in [-0.4, -0.2) is 63.3 Å². The minimum absolute atomic E-state index is 0.0916. The molecular weight excluding hydrogens is 544 g/mol. The van der Waals surface area contributed by atoms with E-state index in [4.69, 9.17) is 0 Å². The summed E-state index contributed by atoms with van der Waals surface area (Å²) in [7, 11) is 0. The molecule has 0 aliphatic rings. The van der Waals surface area contributed by atoms with Crippen LogP contribution in [0, 0.1) is 19.8 Å². The quantitative estimate of drug-likeness (QED) is 0.170. The molecule has 0 unspecified atom stereocenters.